The van der Waals surface area contributed by atoms with Gasteiger partial charge in [-0.2, -0.15) is 5.10 Å². The molecule has 12 heavy (non-hydrogen) atoms. The van der Waals surface area contributed by atoms with Crippen molar-refractivity contribution in [3.8, 4) is 0 Å². The van der Waals surface area contributed by atoms with Gasteiger partial charge in [-0.3, -0.25) is 0 Å². The Labute approximate surface area is 70.6 Å². The van der Waals surface area contributed by atoms with Crippen LogP contribution in [0.25, 0.3) is 0 Å². The lowest BCUT2D eigenvalue weighted by atomic mass is 10.3. The minimum atomic E-state index is -1.21. The quantitative estimate of drug-likeness (QED) is 0.734. The Morgan fingerprint density at radius 3 is 2.83 bits per heavy atom. The van der Waals surface area contributed by atoms with Crippen molar-refractivity contribution in [1.29, 1.82) is 0 Å². The van der Waals surface area contributed by atoms with E-state index in [0.29, 0.717) is 5.82 Å². The standard InChI is InChI=1S/C7H13FN4/c1-5(2)12-7(6(8)3-9)10-4-11-12/h4-6H,3,9H2,1-2H3. The molecule has 1 heterocycles. The maximum absolute atomic E-state index is 13.1. The summed E-state index contributed by atoms with van der Waals surface area (Å²) in [5, 5.41) is 3.89. The largest absolute Gasteiger partial charge is 0.327 e. The van der Waals surface area contributed by atoms with Gasteiger partial charge in [0.25, 0.3) is 0 Å². The second kappa shape index (κ2) is 3.62. The van der Waals surface area contributed by atoms with Gasteiger partial charge in [-0.25, -0.2) is 14.1 Å². The Bertz CT molecular complexity index is 245. The molecule has 1 atom stereocenters. The predicted octanol–water partition coefficient (Wildman–Crippen LogP) is 0.828. The van der Waals surface area contributed by atoms with Crippen LogP contribution in [0.15, 0.2) is 6.33 Å². The van der Waals surface area contributed by atoms with E-state index >= 15 is 0 Å². The van der Waals surface area contributed by atoms with Crippen molar-refractivity contribution < 1.29 is 4.39 Å². The van der Waals surface area contributed by atoms with Gasteiger partial charge in [0.05, 0.1) is 0 Å². The second-order valence-corrected chi connectivity index (χ2v) is 2.86. The molecule has 1 aromatic rings. The smallest absolute Gasteiger partial charge is 0.171 e. The molecule has 0 saturated carbocycles. The van der Waals surface area contributed by atoms with Gasteiger partial charge in [-0.05, 0) is 13.8 Å². The van der Waals surface area contributed by atoms with Crippen molar-refractivity contribution in [1.82, 2.24) is 14.8 Å². The molecule has 5 heteroatoms. The molecule has 0 bridgehead atoms. The Kier molecular flexibility index (Phi) is 2.75. The maximum Gasteiger partial charge on any atom is 0.171 e. The van der Waals surface area contributed by atoms with Crippen LogP contribution in [0.3, 0.4) is 0 Å². The third kappa shape index (κ3) is 1.61. The Balaban J connectivity index is 2.91. The van der Waals surface area contributed by atoms with Crippen molar-refractivity contribution in [3.05, 3.63) is 12.2 Å². The highest BCUT2D eigenvalue weighted by Crippen LogP contribution is 2.15. The summed E-state index contributed by atoms with van der Waals surface area (Å²) < 4.78 is 14.6. The number of halogens is 1. The van der Waals surface area contributed by atoms with Crippen LogP contribution in [0.2, 0.25) is 0 Å². The number of alkyl halides is 1. The third-order valence-corrected chi connectivity index (χ3v) is 1.58. The number of hydrogen-bond acceptors (Lipinski definition) is 3. The molecule has 0 fully saturated rings. The first-order valence-corrected chi connectivity index (χ1v) is 3.90. The minimum Gasteiger partial charge on any atom is -0.327 e. The molecular formula is C7H13FN4. The van der Waals surface area contributed by atoms with Crippen LogP contribution in [-0.2, 0) is 0 Å². The fourth-order valence-electron chi connectivity index (χ4n) is 0.987. The fourth-order valence-corrected chi connectivity index (χ4v) is 0.987. The summed E-state index contributed by atoms with van der Waals surface area (Å²) in [4.78, 5) is 3.81. The molecule has 0 amide bonds. The van der Waals surface area contributed by atoms with Crippen molar-refractivity contribution in [2.45, 2.75) is 26.1 Å². The highest BCUT2D eigenvalue weighted by atomic mass is 19.1. The van der Waals surface area contributed by atoms with Crippen LogP contribution in [0.5, 0.6) is 0 Å². The number of nitrogens with two attached hydrogens (primary N) is 1. The zero-order valence-corrected chi connectivity index (χ0v) is 7.24. The molecule has 0 radical (unpaired) electrons. The molecule has 0 aromatic carbocycles. The van der Waals surface area contributed by atoms with E-state index in [4.69, 9.17) is 5.73 Å². The molecule has 4 nitrogen and oxygen atoms in total. The average Bonchev–Trinajstić information content (AvgIpc) is 2.50. The van der Waals surface area contributed by atoms with Gasteiger partial charge in [-0.15, -0.1) is 0 Å². The van der Waals surface area contributed by atoms with E-state index in [0.717, 1.165) is 0 Å². The SMILES string of the molecule is CC(C)n1ncnc1C(F)CN. The first kappa shape index (κ1) is 9.12. The lowest BCUT2D eigenvalue weighted by molar-refractivity contribution is 0.312. The van der Waals surface area contributed by atoms with Crippen molar-refractivity contribution >= 4 is 0 Å². The van der Waals surface area contributed by atoms with Crippen LogP contribution in [0.1, 0.15) is 31.9 Å². The second-order valence-electron chi connectivity index (χ2n) is 2.86. The summed E-state index contributed by atoms with van der Waals surface area (Å²) in [6.07, 6.45) is 0.132. The molecule has 1 aromatic heterocycles. The summed E-state index contributed by atoms with van der Waals surface area (Å²) in [6.45, 7) is 3.79. The summed E-state index contributed by atoms with van der Waals surface area (Å²) in [6, 6.07) is 0.118. The van der Waals surface area contributed by atoms with E-state index in [2.05, 4.69) is 10.1 Å². The van der Waals surface area contributed by atoms with Crippen LogP contribution in [0, 0.1) is 0 Å². The summed E-state index contributed by atoms with van der Waals surface area (Å²) in [5.74, 6) is 0.313. The van der Waals surface area contributed by atoms with Crippen molar-refractivity contribution in [2.24, 2.45) is 5.73 Å². The molecule has 68 valence electrons. The number of hydrogen-bond donors (Lipinski definition) is 1. The zero-order valence-electron chi connectivity index (χ0n) is 7.24. The summed E-state index contributed by atoms with van der Waals surface area (Å²) in [7, 11) is 0. The van der Waals surface area contributed by atoms with Crippen molar-refractivity contribution in [2.75, 3.05) is 6.54 Å². The molecule has 0 aliphatic heterocycles. The van der Waals surface area contributed by atoms with Crippen LogP contribution >= 0.6 is 0 Å². The van der Waals surface area contributed by atoms with E-state index in [1.165, 1.54) is 11.0 Å². The van der Waals surface area contributed by atoms with Gasteiger partial charge in [0, 0.05) is 12.6 Å². The number of rotatable bonds is 3. The monoisotopic (exact) mass is 172 g/mol. The number of aromatic nitrogens is 3. The Morgan fingerprint density at radius 2 is 2.33 bits per heavy atom. The van der Waals surface area contributed by atoms with Gasteiger partial charge in [0.15, 0.2) is 12.0 Å². The third-order valence-electron chi connectivity index (χ3n) is 1.58. The zero-order chi connectivity index (χ0) is 9.14. The molecule has 1 rings (SSSR count). The van der Waals surface area contributed by atoms with E-state index in [1.54, 1.807) is 0 Å². The normalized spacial score (nSPS) is 13.8. The molecule has 0 saturated heterocycles. The molecule has 0 spiro atoms. The summed E-state index contributed by atoms with van der Waals surface area (Å²) in [5.41, 5.74) is 5.18. The fraction of sp³-hybridized carbons (Fsp3) is 0.714. The highest BCUT2D eigenvalue weighted by Gasteiger charge is 2.16. The Morgan fingerprint density at radius 1 is 1.67 bits per heavy atom. The molecule has 2 N–H and O–H groups in total. The summed E-state index contributed by atoms with van der Waals surface area (Å²) >= 11 is 0. The predicted molar refractivity (Wildman–Crippen MR) is 43.3 cm³/mol. The van der Waals surface area contributed by atoms with Gasteiger partial charge < -0.3 is 5.73 Å². The van der Waals surface area contributed by atoms with E-state index in [9.17, 15) is 4.39 Å². The minimum absolute atomic E-state index is 0.0502. The maximum atomic E-state index is 13.1. The Hall–Kier alpha value is -0.970. The first-order valence-electron chi connectivity index (χ1n) is 3.90. The lowest BCUT2D eigenvalue weighted by Crippen LogP contribution is -2.15. The molecule has 0 aliphatic carbocycles. The van der Waals surface area contributed by atoms with Gasteiger partial charge >= 0.3 is 0 Å². The van der Waals surface area contributed by atoms with Gasteiger partial charge in [-0.1, -0.05) is 0 Å². The van der Waals surface area contributed by atoms with Crippen molar-refractivity contribution in [3.63, 3.8) is 0 Å². The number of nitrogens with zero attached hydrogens (tertiary/aromatic N) is 3. The van der Waals surface area contributed by atoms with E-state index in [-0.39, 0.29) is 12.6 Å². The van der Waals surface area contributed by atoms with Crippen LogP contribution in [0.4, 0.5) is 4.39 Å². The first-order chi connectivity index (χ1) is 5.66. The van der Waals surface area contributed by atoms with Gasteiger partial charge in [0.2, 0.25) is 0 Å². The van der Waals surface area contributed by atoms with Crippen LogP contribution < -0.4 is 5.73 Å². The molecule has 1 unspecified atom stereocenters. The average molecular weight is 172 g/mol. The lowest BCUT2D eigenvalue weighted by Gasteiger charge is -2.10. The van der Waals surface area contributed by atoms with E-state index < -0.39 is 6.17 Å². The molecule has 0 aliphatic rings. The molecular weight excluding hydrogens is 159 g/mol. The topological polar surface area (TPSA) is 56.7 Å². The van der Waals surface area contributed by atoms with E-state index in [1.807, 2.05) is 13.8 Å². The highest BCUT2D eigenvalue weighted by molar-refractivity contribution is 4.92. The van der Waals surface area contributed by atoms with Gasteiger partial charge in [0.1, 0.15) is 6.33 Å². The van der Waals surface area contributed by atoms with Crippen LogP contribution in [-0.4, -0.2) is 21.3 Å².